The van der Waals surface area contributed by atoms with E-state index in [1.165, 1.54) is 6.33 Å². The largest absolute Gasteiger partial charge is 0.393 e. The molecule has 0 aliphatic carbocycles. The Labute approximate surface area is 119 Å². The van der Waals surface area contributed by atoms with Gasteiger partial charge in [0.05, 0.1) is 0 Å². The van der Waals surface area contributed by atoms with E-state index in [0.717, 1.165) is 30.6 Å². The highest BCUT2D eigenvalue weighted by Gasteiger charge is 2.08. The van der Waals surface area contributed by atoms with E-state index < -0.39 is 0 Å². The SMILES string of the molecule is CCCCNc1ncnc(Nc2ccccc2C)c1N. The van der Waals surface area contributed by atoms with Gasteiger partial charge in [0.1, 0.15) is 12.0 Å². The van der Waals surface area contributed by atoms with Gasteiger partial charge in [-0.2, -0.15) is 0 Å². The van der Waals surface area contributed by atoms with Crippen LogP contribution >= 0.6 is 0 Å². The predicted molar refractivity (Wildman–Crippen MR) is 84.3 cm³/mol. The number of unbranched alkanes of at least 4 members (excludes halogenated alkanes) is 1. The molecule has 2 rings (SSSR count). The number of nitrogens with zero attached hydrogens (tertiary/aromatic N) is 2. The Hall–Kier alpha value is -2.30. The Morgan fingerprint density at radius 3 is 2.65 bits per heavy atom. The molecule has 1 heterocycles. The second-order valence-electron chi connectivity index (χ2n) is 4.70. The summed E-state index contributed by atoms with van der Waals surface area (Å²) in [6.07, 6.45) is 3.74. The number of nitrogens with one attached hydrogen (secondary N) is 2. The zero-order valence-electron chi connectivity index (χ0n) is 12.0. The van der Waals surface area contributed by atoms with Crippen LogP contribution in [0.15, 0.2) is 30.6 Å². The van der Waals surface area contributed by atoms with Gasteiger partial charge in [0, 0.05) is 12.2 Å². The minimum Gasteiger partial charge on any atom is -0.393 e. The van der Waals surface area contributed by atoms with Crippen molar-refractivity contribution < 1.29 is 0 Å². The van der Waals surface area contributed by atoms with Crippen LogP contribution < -0.4 is 16.4 Å². The summed E-state index contributed by atoms with van der Waals surface area (Å²) in [6, 6.07) is 8.02. The molecule has 0 bridgehead atoms. The smallest absolute Gasteiger partial charge is 0.159 e. The van der Waals surface area contributed by atoms with Crippen LogP contribution in [-0.2, 0) is 0 Å². The number of anilines is 4. The number of rotatable bonds is 6. The number of hydrogen-bond donors (Lipinski definition) is 3. The number of aryl methyl sites for hydroxylation is 1. The van der Waals surface area contributed by atoms with Gasteiger partial charge in [-0.1, -0.05) is 31.5 Å². The van der Waals surface area contributed by atoms with E-state index in [1.54, 1.807) is 0 Å². The Balaban J connectivity index is 2.16. The third-order valence-electron chi connectivity index (χ3n) is 3.10. The molecule has 0 aliphatic rings. The van der Waals surface area contributed by atoms with Crippen molar-refractivity contribution >= 4 is 23.0 Å². The van der Waals surface area contributed by atoms with E-state index in [2.05, 4.69) is 27.5 Å². The maximum atomic E-state index is 6.11. The fourth-order valence-corrected chi connectivity index (χ4v) is 1.86. The molecule has 4 N–H and O–H groups in total. The maximum Gasteiger partial charge on any atom is 0.159 e. The van der Waals surface area contributed by atoms with Gasteiger partial charge in [-0.25, -0.2) is 9.97 Å². The molecule has 0 saturated heterocycles. The van der Waals surface area contributed by atoms with Gasteiger partial charge in [0.2, 0.25) is 0 Å². The average molecular weight is 271 g/mol. The molecule has 106 valence electrons. The predicted octanol–water partition coefficient (Wildman–Crippen LogP) is 3.32. The molecule has 0 fully saturated rings. The molecule has 1 aromatic carbocycles. The molecule has 5 heteroatoms. The van der Waals surface area contributed by atoms with Gasteiger partial charge in [-0.3, -0.25) is 0 Å². The molecule has 0 aliphatic heterocycles. The van der Waals surface area contributed by atoms with E-state index in [4.69, 9.17) is 5.73 Å². The van der Waals surface area contributed by atoms with E-state index in [-0.39, 0.29) is 0 Å². The van der Waals surface area contributed by atoms with Crippen LogP contribution in [-0.4, -0.2) is 16.5 Å². The quantitative estimate of drug-likeness (QED) is 0.703. The number of nitrogen functional groups attached to an aromatic ring is 1. The number of aromatic nitrogens is 2. The van der Waals surface area contributed by atoms with Gasteiger partial charge in [0.25, 0.3) is 0 Å². The summed E-state index contributed by atoms with van der Waals surface area (Å²) in [6.45, 7) is 5.05. The van der Waals surface area contributed by atoms with Crippen molar-refractivity contribution in [3.05, 3.63) is 36.2 Å². The molecule has 0 unspecified atom stereocenters. The Kier molecular flexibility index (Phi) is 4.76. The van der Waals surface area contributed by atoms with Gasteiger partial charge in [-0.05, 0) is 25.0 Å². The maximum absolute atomic E-state index is 6.11. The molecular formula is C15H21N5. The summed E-state index contributed by atoms with van der Waals surface area (Å²) in [5.41, 5.74) is 8.80. The average Bonchev–Trinajstić information content (AvgIpc) is 2.45. The van der Waals surface area contributed by atoms with Crippen molar-refractivity contribution in [2.24, 2.45) is 0 Å². The molecule has 2 aromatic rings. The number of nitrogens with two attached hydrogens (primary N) is 1. The van der Waals surface area contributed by atoms with Crippen molar-refractivity contribution in [1.82, 2.24) is 9.97 Å². The third kappa shape index (κ3) is 3.38. The van der Waals surface area contributed by atoms with Crippen molar-refractivity contribution in [2.75, 3.05) is 22.9 Å². The minimum atomic E-state index is 0.548. The van der Waals surface area contributed by atoms with E-state index >= 15 is 0 Å². The highest BCUT2D eigenvalue weighted by Crippen LogP contribution is 2.26. The van der Waals surface area contributed by atoms with E-state index in [9.17, 15) is 0 Å². The zero-order valence-corrected chi connectivity index (χ0v) is 12.0. The zero-order chi connectivity index (χ0) is 14.4. The van der Waals surface area contributed by atoms with Crippen molar-refractivity contribution in [1.29, 1.82) is 0 Å². The van der Waals surface area contributed by atoms with Gasteiger partial charge >= 0.3 is 0 Å². The lowest BCUT2D eigenvalue weighted by Crippen LogP contribution is -2.09. The van der Waals surface area contributed by atoms with Crippen LogP contribution in [0.5, 0.6) is 0 Å². The Morgan fingerprint density at radius 1 is 1.15 bits per heavy atom. The highest BCUT2D eigenvalue weighted by atomic mass is 15.1. The second-order valence-corrected chi connectivity index (χ2v) is 4.70. The summed E-state index contributed by atoms with van der Waals surface area (Å²) in [7, 11) is 0. The van der Waals surface area contributed by atoms with Gasteiger partial charge in [0.15, 0.2) is 11.6 Å². The van der Waals surface area contributed by atoms with Crippen LogP contribution in [0, 0.1) is 6.92 Å². The molecule has 0 spiro atoms. The van der Waals surface area contributed by atoms with Crippen LogP contribution in [0.2, 0.25) is 0 Å². The molecule has 5 nitrogen and oxygen atoms in total. The summed E-state index contributed by atoms with van der Waals surface area (Å²) < 4.78 is 0. The number of hydrogen-bond acceptors (Lipinski definition) is 5. The highest BCUT2D eigenvalue weighted by molar-refractivity contribution is 5.78. The first-order valence-corrected chi connectivity index (χ1v) is 6.89. The van der Waals surface area contributed by atoms with Crippen LogP contribution in [0.3, 0.4) is 0 Å². The Bertz CT molecular complexity index is 568. The third-order valence-corrected chi connectivity index (χ3v) is 3.10. The summed E-state index contributed by atoms with van der Waals surface area (Å²) in [5.74, 6) is 1.32. The molecule has 0 atom stereocenters. The van der Waals surface area contributed by atoms with Crippen molar-refractivity contribution in [3.63, 3.8) is 0 Å². The lowest BCUT2D eigenvalue weighted by molar-refractivity contribution is 0.831. The van der Waals surface area contributed by atoms with Gasteiger partial charge < -0.3 is 16.4 Å². The normalized spacial score (nSPS) is 10.3. The standard InChI is InChI=1S/C15H21N5/c1-3-4-9-17-14-13(16)15(19-10-18-14)20-12-8-6-5-7-11(12)2/h5-8,10H,3-4,9,16H2,1-2H3,(H2,17,18,19,20). The molecule has 1 aromatic heterocycles. The van der Waals surface area contributed by atoms with E-state index in [1.807, 2.05) is 31.2 Å². The number of benzene rings is 1. The van der Waals surface area contributed by atoms with Crippen LogP contribution in [0.25, 0.3) is 0 Å². The monoisotopic (exact) mass is 271 g/mol. The topological polar surface area (TPSA) is 75.9 Å². The summed E-state index contributed by atoms with van der Waals surface area (Å²) >= 11 is 0. The molecule has 0 amide bonds. The summed E-state index contributed by atoms with van der Waals surface area (Å²) in [4.78, 5) is 8.40. The van der Waals surface area contributed by atoms with Crippen LogP contribution in [0.4, 0.5) is 23.0 Å². The summed E-state index contributed by atoms with van der Waals surface area (Å²) in [5, 5.41) is 6.49. The van der Waals surface area contributed by atoms with Crippen molar-refractivity contribution in [2.45, 2.75) is 26.7 Å². The lowest BCUT2D eigenvalue weighted by Gasteiger charge is -2.13. The van der Waals surface area contributed by atoms with Gasteiger partial charge in [-0.15, -0.1) is 0 Å². The van der Waals surface area contributed by atoms with Crippen LogP contribution in [0.1, 0.15) is 25.3 Å². The Morgan fingerprint density at radius 2 is 1.90 bits per heavy atom. The van der Waals surface area contributed by atoms with E-state index in [0.29, 0.717) is 17.3 Å². The first-order valence-electron chi connectivity index (χ1n) is 6.89. The molecule has 0 saturated carbocycles. The fourth-order valence-electron chi connectivity index (χ4n) is 1.86. The lowest BCUT2D eigenvalue weighted by atomic mass is 10.2. The number of para-hydroxylation sites is 1. The first-order chi connectivity index (χ1) is 9.72. The van der Waals surface area contributed by atoms with Crippen molar-refractivity contribution in [3.8, 4) is 0 Å². The second kappa shape index (κ2) is 6.75. The molecule has 20 heavy (non-hydrogen) atoms. The first kappa shape index (κ1) is 14.1. The molecule has 0 radical (unpaired) electrons. The molecular weight excluding hydrogens is 250 g/mol. The minimum absolute atomic E-state index is 0.548. The fraction of sp³-hybridized carbons (Fsp3) is 0.333.